The van der Waals surface area contributed by atoms with Crippen LogP contribution >= 0.6 is 0 Å². The molecule has 70 valence electrons. The molecule has 0 amide bonds. The lowest BCUT2D eigenvalue weighted by molar-refractivity contribution is -0.546. The molecule has 2 heterocycles. The van der Waals surface area contributed by atoms with Gasteiger partial charge in [-0.2, -0.15) is 0 Å². The highest BCUT2D eigenvalue weighted by Crippen LogP contribution is 2.58. The summed E-state index contributed by atoms with van der Waals surface area (Å²) in [6, 6.07) is 0. The molecule has 3 nitrogen and oxygen atoms in total. The Bertz CT molecular complexity index is 222. The number of ether oxygens (including phenoxy) is 1. The van der Waals surface area contributed by atoms with Crippen molar-refractivity contribution in [3.05, 3.63) is 0 Å². The standard InChI is InChI=1S/C9H16O3/c1-7(2)8(3,4)10-6-9(7,5)12-11-6/h6H,1-5H3. The fourth-order valence-electron chi connectivity index (χ4n) is 1.78. The summed E-state index contributed by atoms with van der Waals surface area (Å²) in [6.07, 6.45) is -0.192. The number of hydrogen-bond donors (Lipinski definition) is 0. The zero-order valence-corrected chi connectivity index (χ0v) is 8.30. The molecule has 0 radical (unpaired) electrons. The highest BCUT2D eigenvalue weighted by molar-refractivity contribution is 5.10. The maximum absolute atomic E-state index is 5.72. The van der Waals surface area contributed by atoms with Gasteiger partial charge in [0.25, 0.3) is 0 Å². The van der Waals surface area contributed by atoms with Crippen LogP contribution in [-0.2, 0) is 14.5 Å². The van der Waals surface area contributed by atoms with E-state index in [9.17, 15) is 0 Å². The molecule has 0 saturated carbocycles. The fourth-order valence-corrected chi connectivity index (χ4v) is 1.78. The third-order valence-corrected chi connectivity index (χ3v) is 3.91. The van der Waals surface area contributed by atoms with Crippen LogP contribution in [-0.4, -0.2) is 17.5 Å². The maximum Gasteiger partial charge on any atom is 0.224 e. The molecule has 2 saturated heterocycles. The summed E-state index contributed by atoms with van der Waals surface area (Å²) in [6.45, 7) is 10.5. The summed E-state index contributed by atoms with van der Waals surface area (Å²) in [7, 11) is 0. The van der Waals surface area contributed by atoms with Crippen molar-refractivity contribution >= 4 is 0 Å². The molecule has 2 aliphatic heterocycles. The van der Waals surface area contributed by atoms with Crippen LogP contribution in [0.25, 0.3) is 0 Å². The van der Waals surface area contributed by atoms with Gasteiger partial charge in [-0.25, -0.2) is 9.78 Å². The lowest BCUT2D eigenvalue weighted by atomic mass is 9.67. The second-order valence-corrected chi connectivity index (χ2v) is 4.87. The van der Waals surface area contributed by atoms with Crippen molar-refractivity contribution in [2.75, 3.05) is 0 Å². The van der Waals surface area contributed by atoms with Gasteiger partial charge in [0.2, 0.25) is 6.29 Å². The molecule has 0 N–H and O–H groups in total. The van der Waals surface area contributed by atoms with Gasteiger partial charge >= 0.3 is 0 Å². The Kier molecular flexibility index (Phi) is 1.32. The summed E-state index contributed by atoms with van der Waals surface area (Å²) in [5, 5.41) is 0. The molecular formula is C9H16O3. The number of fused-ring (bicyclic) bond motifs is 1. The van der Waals surface area contributed by atoms with Gasteiger partial charge in [0, 0.05) is 5.41 Å². The smallest absolute Gasteiger partial charge is 0.224 e. The molecule has 2 atom stereocenters. The zero-order chi connectivity index (χ0) is 9.20. The predicted octanol–water partition coefficient (Wildman–Crippen LogP) is 1.87. The SMILES string of the molecule is CC1(C)OC2OOC2(C)C1(C)C. The van der Waals surface area contributed by atoms with E-state index in [-0.39, 0.29) is 22.9 Å². The van der Waals surface area contributed by atoms with Crippen molar-refractivity contribution in [3.63, 3.8) is 0 Å². The monoisotopic (exact) mass is 172 g/mol. The Morgan fingerprint density at radius 1 is 1.00 bits per heavy atom. The Balaban J connectivity index is 2.40. The maximum atomic E-state index is 5.72. The lowest BCUT2D eigenvalue weighted by Gasteiger charge is -2.46. The van der Waals surface area contributed by atoms with Crippen molar-refractivity contribution in [2.45, 2.75) is 52.1 Å². The van der Waals surface area contributed by atoms with Crippen LogP contribution in [0.3, 0.4) is 0 Å². The van der Waals surface area contributed by atoms with Crippen LogP contribution in [0.15, 0.2) is 0 Å². The highest BCUT2D eigenvalue weighted by Gasteiger charge is 2.71. The Labute approximate surface area is 72.9 Å². The second-order valence-electron chi connectivity index (χ2n) is 4.87. The van der Waals surface area contributed by atoms with Crippen molar-refractivity contribution in [1.82, 2.24) is 0 Å². The first-order valence-corrected chi connectivity index (χ1v) is 4.33. The summed E-state index contributed by atoms with van der Waals surface area (Å²) in [5.41, 5.74) is -0.498. The van der Waals surface area contributed by atoms with Crippen molar-refractivity contribution in [2.24, 2.45) is 5.41 Å². The van der Waals surface area contributed by atoms with E-state index in [4.69, 9.17) is 14.5 Å². The predicted molar refractivity (Wildman–Crippen MR) is 43.3 cm³/mol. The fraction of sp³-hybridized carbons (Fsp3) is 1.00. The third kappa shape index (κ3) is 0.640. The van der Waals surface area contributed by atoms with Crippen LogP contribution < -0.4 is 0 Å². The number of hydrogen-bond acceptors (Lipinski definition) is 3. The minimum atomic E-state index is -0.281. The van der Waals surface area contributed by atoms with Crippen molar-refractivity contribution in [3.8, 4) is 0 Å². The van der Waals surface area contributed by atoms with Gasteiger partial charge in [0.15, 0.2) is 5.60 Å². The highest BCUT2D eigenvalue weighted by atomic mass is 17.3. The molecule has 0 bridgehead atoms. The molecule has 2 fully saturated rings. The van der Waals surface area contributed by atoms with E-state index < -0.39 is 0 Å². The largest absolute Gasteiger partial charge is 0.341 e. The number of rotatable bonds is 0. The molecule has 0 aromatic heterocycles. The third-order valence-electron chi connectivity index (χ3n) is 3.91. The first-order valence-electron chi connectivity index (χ1n) is 4.33. The average Bonchev–Trinajstić information content (AvgIpc) is 2.01. The first kappa shape index (κ1) is 8.48. The molecule has 0 aromatic carbocycles. The molecule has 0 aromatic rings. The molecule has 2 rings (SSSR count). The average molecular weight is 172 g/mol. The second kappa shape index (κ2) is 1.86. The molecular weight excluding hydrogens is 156 g/mol. The van der Waals surface area contributed by atoms with Crippen LogP contribution in [0.5, 0.6) is 0 Å². The Morgan fingerprint density at radius 3 is 1.75 bits per heavy atom. The van der Waals surface area contributed by atoms with Crippen LogP contribution in [0.1, 0.15) is 34.6 Å². The van der Waals surface area contributed by atoms with Gasteiger partial charge in [-0.15, -0.1) is 0 Å². The zero-order valence-electron chi connectivity index (χ0n) is 8.30. The van der Waals surface area contributed by atoms with E-state index in [1.54, 1.807) is 0 Å². The molecule has 12 heavy (non-hydrogen) atoms. The van der Waals surface area contributed by atoms with E-state index in [0.29, 0.717) is 0 Å². The molecule has 3 heteroatoms. The van der Waals surface area contributed by atoms with Gasteiger partial charge < -0.3 is 4.74 Å². The van der Waals surface area contributed by atoms with Gasteiger partial charge in [0.05, 0.1) is 5.60 Å². The topological polar surface area (TPSA) is 27.7 Å². The summed E-state index contributed by atoms with van der Waals surface area (Å²) >= 11 is 0. The van der Waals surface area contributed by atoms with E-state index in [2.05, 4.69) is 27.7 Å². The molecule has 0 aliphatic carbocycles. The van der Waals surface area contributed by atoms with Crippen LogP contribution in [0, 0.1) is 5.41 Å². The van der Waals surface area contributed by atoms with Crippen molar-refractivity contribution in [1.29, 1.82) is 0 Å². The summed E-state index contributed by atoms with van der Waals surface area (Å²) in [5.74, 6) is 0. The van der Waals surface area contributed by atoms with Crippen molar-refractivity contribution < 1.29 is 14.5 Å². The first-order chi connectivity index (χ1) is 5.31. The van der Waals surface area contributed by atoms with Gasteiger partial charge in [-0.05, 0) is 20.8 Å². The minimum absolute atomic E-state index is 0.0249. The summed E-state index contributed by atoms with van der Waals surface area (Å²) in [4.78, 5) is 10.1. The minimum Gasteiger partial charge on any atom is -0.341 e. The van der Waals surface area contributed by atoms with Gasteiger partial charge in [-0.1, -0.05) is 13.8 Å². The van der Waals surface area contributed by atoms with E-state index >= 15 is 0 Å². The normalized spacial score (nSPS) is 48.2. The molecule has 2 aliphatic rings. The van der Waals surface area contributed by atoms with E-state index in [1.807, 2.05) is 6.92 Å². The van der Waals surface area contributed by atoms with Crippen LogP contribution in [0.2, 0.25) is 0 Å². The molecule has 0 spiro atoms. The van der Waals surface area contributed by atoms with Gasteiger partial charge in [-0.3, -0.25) is 0 Å². The van der Waals surface area contributed by atoms with E-state index in [1.165, 1.54) is 0 Å². The van der Waals surface area contributed by atoms with Gasteiger partial charge in [0.1, 0.15) is 0 Å². The van der Waals surface area contributed by atoms with E-state index in [0.717, 1.165) is 0 Å². The lowest BCUT2D eigenvalue weighted by Crippen LogP contribution is -2.59. The van der Waals surface area contributed by atoms with Crippen LogP contribution in [0.4, 0.5) is 0 Å². The Hall–Kier alpha value is -0.120. The quantitative estimate of drug-likeness (QED) is 0.522. The summed E-state index contributed by atoms with van der Waals surface area (Å²) < 4.78 is 5.72. The molecule has 2 unspecified atom stereocenters. The Morgan fingerprint density at radius 2 is 1.58 bits per heavy atom.